The molecule has 0 aromatic rings. The van der Waals surface area contributed by atoms with Gasteiger partial charge in [0.2, 0.25) is 5.91 Å². The van der Waals surface area contributed by atoms with Crippen molar-refractivity contribution < 1.29 is 14.3 Å². The molecule has 0 unspecified atom stereocenters. The highest BCUT2D eigenvalue weighted by molar-refractivity contribution is 5.82. The highest BCUT2D eigenvalue weighted by atomic mass is 16.5. The van der Waals surface area contributed by atoms with Crippen LogP contribution in [0.5, 0.6) is 0 Å². The lowest BCUT2D eigenvalue weighted by Gasteiger charge is -2.34. The molecule has 3 aliphatic heterocycles. The fourth-order valence-corrected chi connectivity index (χ4v) is 3.53. The first-order valence-corrected chi connectivity index (χ1v) is 8.07. The molecule has 3 saturated heterocycles. The lowest BCUT2D eigenvalue weighted by atomic mass is 10.1. The minimum atomic E-state index is 0.0821. The fraction of sp³-hybridized carbons (Fsp3) is 0.933. The molecule has 3 aliphatic rings. The summed E-state index contributed by atoms with van der Waals surface area (Å²) >= 11 is 0. The Kier molecular flexibility index (Phi) is 4.91. The summed E-state index contributed by atoms with van der Waals surface area (Å²) in [5, 5.41) is 0. The number of nitrogens with zero attached hydrogens (tertiary/aromatic N) is 2. The van der Waals surface area contributed by atoms with Crippen molar-refractivity contribution >= 4 is 5.91 Å². The minimum absolute atomic E-state index is 0.0821. The molecule has 0 aliphatic carbocycles. The Labute approximate surface area is 121 Å². The summed E-state index contributed by atoms with van der Waals surface area (Å²) in [4.78, 5) is 17.0. The second kappa shape index (κ2) is 6.87. The van der Waals surface area contributed by atoms with Crippen molar-refractivity contribution in [2.75, 3.05) is 46.0 Å². The van der Waals surface area contributed by atoms with Gasteiger partial charge < -0.3 is 14.4 Å². The molecule has 20 heavy (non-hydrogen) atoms. The van der Waals surface area contributed by atoms with Crippen LogP contribution in [0.4, 0.5) is 0 Å². The van der Waals surface area contributed by atoms with Gasteiger partial charge in [0, 0.05) is 26.2 Å². The maximum Gasteiger partial charge on any atom is 0.240 e. The molecule has 0 spiro atoms. The number of hydrogen-bond acceptors (Lipinski definition) is 4. The molecule has 0 radical (unpaired) electrons. The number of hydrogen-bond donors (Lipinski definition) is 0. The zero-order chi connectivity index (χ0) is 13.8. The van der Waals surface area contributed by atoms with Crippen LogP contribution >= 0.6 is 0 Å². The quantitative estimate of drug-likeness (QED) is 0.770. The van der Waals surface area contributed by atoms with E-state index in [-0.39, 0.29) is 6.04 Å². The van der Waals surface area contributed by atoms with Crippen LogP contribution in [-0.2, 0) is 14.3 Å². The Morgan fingerprint density at radius 3 is 2.60 bits per heavy atom. The maximum absolute atomic E-state index is 12.6. The first kappa shape index (κ1) is 14.3. The van der Waals surface area contributed by atoms with Crippen LogP contribution in [0.15, 0.2) is 0 Å². The smallest absolute Gasteiger partial charge is 0.240 e. The van der Waals surface area contributed by atoms with E-state index in [0.717, 1.165) is 52.0 Å². The van der Waals surface area contributed by atoms with Gasteiger partial charge in [0.25, 0.3) is 0 Å². The Bertz CT molecular complexity index is 325. The molecule has 3 rings (SSSR count). The number of ether oxygens (including phenoxy) is 2. The van der Waals surface area contributed by atoms with Gasteiger partial charge in [0.15, 0.2) is 0 Å². The van der Waals surface area contributed by atoms with Crippen LogP contribution in [-0.4, -0.2) is 73.9 Å². The van der Waals surface area contributed by atoms with Gasteiger partial charge in [-0.25, -0.2) is 0 Å². The lowest BCUT2D eigenvalue weighted by molar-refractivity contribution is -0.140. The normalized spacial score (nSPS) is 32.5. The van der Waals surface area contributed by atoms with Crippen LogP contribution in [0.1, 0.15) is 32.1 Å². The third kappa shape index (κ3) is 3.32. The average molecular weight is 282 g/mol. The van der Waals surface area contributed by atoms with E-state index in [4.69, 9.17) is 9.47 Å². The third-order valence-electron chi connectivity index (χ3n) is 4.68. The second-order valence-electron chi connectivity index (χ2n) is 6.08. The SMILES string of the molecule is O=C([C@@H]1CCCN1C[C@H]1CCCCO1)N1CCOCC1. The van der Waals surface area contributed by atoms with E-state index in [9.17, 15) is 4.79 Å². The van der Waals surface area contributed by atoms with E-state index < -0.39 is 0 Å². The van der Waals surface area contributed by atoms with Gasteiger partial charge in [-0.3, -0.25) is 9.69 Å². The van der Waals surface area contributed by atoms with E-state index in [1.807, 2.05) is 4.90 Å². The van der Waals surface area contributed by atoms with Crippen molar-refractivity contribution in [3.8, 4) is 0 Å². The Morgan fingerprint density at radius 1 is 1.00 bits per heavy atom. The Balaban J connectivity index is 1.55. The largest absolute Gasteiger partial charge is 0.378 e. The van der Waals surface area contributed by atoms with Gasteiger partial charge in [-0.15, -0.1) is 0 Å². The molecule has 5 heteroatoms. The first-order chi connectivity index (χ1) is 9.84. The number of carbonyl (C=O) groups is 1. The molecule has 0 N–H and O–H groups in total. The third-order valence-corrected chi connectivity index (χ3v) is 4.68. The summed E-state index contributed by atoms with van der Waals surface area (Å²) in [6.07, 6.45) is 6.07. The van der Waals surface area contributed by atoms with Crippen LogP contribution in [0.25, 0.3) is 0 Å². The average Bonchev–Trinajstić information content (AvgIpc) is 2.96. The molecular weight excluding hydrogens is 256 g/mol. The summed E-state index contributed by atoms with van der Waals surface area (Å²) in [6.45, 7) is 5.74. The van der Waals surface area contributed by atoms with Crippen molar-refractivity contribution in [1.82, 2.24) is 9.80 Å². The number of carbonyl (C=O) groups excluding carboxylic acids is 1. The summed E-state index contributed by atoms with van der Waals surface area (Å²) in [7, 11) is 0. The van der Waals surface area contributed by atoms with Crippen molar-refractivity contribution in [2.24, 2.45) is 0 Å². The van der Waals surface area contributed by atoms with Gasteiger partial charge in [-0.05, 0) is 38.6 Å². The highest BCUT2D eigenvalue weighted by Crippen LogP contribution is 2.23. The van der Waals surface area contributed by atoms with Crippen molar-refractivity contribution in [3.05, 3.63) is 0 Å². The molecule has 0 bridgehead atoms. The number of morpholine rings is 1. The number of rotatable bonds is 3. The second-order valence-corrected chi connectivity index (χ2v) is 6.08. The lowest BCUT2D eigenvalue weighted by Crippen LogP contribution is -2.51. The summed E-state index contributed by atoms with van der Waals surface area (Å²) in [6, 6.07) is 0.0821. The summed E-state index contributed by atoms with van der Waals surface area (Å²) < 4.78 is 11.2. The van der Waals surface area contributed by atoms with Gasteiger partial charge in [-0.2, -0.15) is 0 Å². The van der Waals surface area contributed by atoms with Crippen LogP contribution < -0.4 is 0 Å². The topological polar surface area (TPSA) is 42.0 Å². The van der Waals surface area contributed by atoms with E-state index in [0.29, 0.717) is 25.2 Å². The first-order valence-electron chi connectivity index (χ1n) is 8.07. The molecule has 5 nitrogen and oxygen atoms in total. The van der Waals surface area contributed by atoms with Crippen molar-refractivity contribution in [3.63, 3.8) is 0 Å². The van der Waals surface area contributed by atoms with Crippen molar-refractivity contribution in [1.29, 1.82) is 0 Å². The zero-order valence-electron chi connectivity index (χ0n) is 12.3. The maximum atomic E-state index is 12.6. The molecule has 1 amide bonds. The van der Waals surface area contributed by atoms with E-state index in [2.05, 4.69) is 4.90 Å². The van der Waals surface area contributed by atoms with E-state index >= 15 is 0 Å². The van der Waals surface area contributed by atoms with Crippen LogP contribution in [0.3, 0.4) is 0 Å². The summed E-state index contributed by atoms with van der Waals surface area (Å²) in [5.74, 6) is 0.307. The standard InChI is InChI=1S/C15H26N2O3/c18-15(16-7-10-19-11-8-16)14-5-3-6-17(14)12-13-4-1-2-9-20-13/h13-14H,1-12H2/t13-,14+/m1/s1. The minimum Gasteiger partial charge on any atom is -0.378 e. The van der Waals surface area contributed by atoms with Crippen LogP contribution in [0, 0.1) is 0 Å². The van der Waals surface area contributed by atoms with Crippen LogP contribution in [0.2, 0.25) is 0 Å². The Hall–Kier alpha value is -0.650. The number of amides is 1. The monoisotopic (exact) mass is 282 g/mol. The predicted molar refractivity (Wildman–Crippen MR) is 75.6 cm³/mol. The van der Waals surface area contributed by atoms with Gasteiger partial charge in [-0.1, -0.05) is 0 Å². The molecule has 0 aromatic carbocycles. The van der Waals surface area contributed by atoms with E-state index in [1.165, 1.54) is 12.8 Å². The van der Waals surface area contributed by atoms with Gasteiger partial charge in [0.1, 0.15) is 0 Å². The molecule has 2 atom stereocenters. The molecule has 0 saturated carbocycles. The molecule has 114 valence electrons. The predicted octanol–water partition coefficient (Wildman–Crippen LogP) is 0.879. The Morgan fingerprint density at radius 2 is 1.85 bits per heavy atom. The van der Waals surface area contributed by atoms with E-state index in [1.54, 1.807) is 0 Å². The zero-order valence-corrected chi connectivity index (χ0v) is 12.3. The molecule has 3 fully saturated rings. The fourth-order valence-electron chi connectivity index (χ4n) is 3.53. The molecule has 0 aromatic heterocycles. The van der Waals surface area contributed by atoms with Gasteiger partial charge in [0.05, 0.1) is 25.4 Å². The molecular formula is C15H26N2O3. The number of likely N-dealkylation sites (tertiary alicyclic amines) is 1. The highest BCUT2D eigenvalue weighted by Gasteiger charge is 2.35. The molecule has 3 heterocycles. The van der Waals surface area contributed by atoms with Crippen molar-refractivity contribution in [2.45, 2.75) is 44.2 Å². The summed E-state index contributed by atoms with van der Waals surface area (Å²) in [5.41, 5.74) is 0. The van der Waals surface area contributed by atoms with Gasteiger partial charge >= 0.3 is 0 Å².